The van der Waals surface area contributed by atoms with E-state index in [1.807, 2.05) is 24.3 Å². The number of carbonyl (C=O) groups is 1. The molecule has 1 aromatic carbocycles. The molecule has 1 aromatic rings. The van der Waals surface area contributed by atoms with Crippen LogP contribution in [0.4, 0.5) is 0 Å². The number of nitrogens with one attached hydrogen (secondary N) is 1. The van der Waals surface area contributed by atoms with Gasteiger partial charge in [-0.15, -0.1) is 0 Å². The van der Waals surface area contributed by atoms with Gasteiger partial charge in [0.05, 0.1) is 6.10 Å². The number of nitrogens with two attached hydrogens (primary N) is 1. The highest BCUT2D eigenvalue weighted by Crippen LogP contribution is 2.24. The van der Waals surface area contributed by atoms with Crippen LogP contribution in [0.15, 0.2) is 24.3 Å². The summed E-state index contributed by atoms with van der Waals surface area (Å²) in [7, 11) is 1.64. The molecule has 116 valence electrons. The van der Waals surface area contributed by atoms with Gasteiger partial charge in [0.1, 0.15) is 0 Å². The Labute approximate surface area is 131 Å². The Bertz CT molecular complexity index is 464. The Kier molecular flexibility index (Phi) is 6.03. The zero-order valence-electron chi connectivity index (χ0n) is 12.3. The van der Waals surface area contributed by atoms with Crippen molar-refractivity contribution in [3.05, 3.63) is 34.9 Å². The maximum absolute atomic E-state index is 12.2. The summed E-state index contributed by atoms with van der Waals surface area (Å²) in [5, 5.41) is 3.67. The third kappa shape index (κ3) is 4.70. The molecule has 0 radical (unpaired) electrons. The van der Waals surface area contributed by atoms with Gasteiger partial charge in [-0.25, -0.2) is 0 Å². The van der Waals surface area contributed by atoms with Crippen molar-refractivity contribution in [3.63, 3.8) is 0 Å². The van der Waals surface area contributed by atoms with Crippen molar-refractivity contribution >= 4 is 17.5 Å². The molecule has 3 atom stereocenters. The largest absolute Gasteiger partial charge is 0.375 e. The molecule has 2 rings (SSSR count). The minimum absolute atomic E-state index is 0.0384. The van der Waals surface area contributed by atoms with E-state index in [1.54, 1.807) is 7.11 Å². The standard InChI is InChI=1S/C16H23ClN2O2/c1-21-15(11-5-7-13(17)8-6-11)10-19-16(20)12-3-2-4-14(18)9-12/h5-8,12,14-15H,2-4,9-10,18H2,1H3,(H,19,20). The van der Waals surface area contributed by atoms with Crippen molar-refractivity contribution in [2.24, 2.45) is 11.7 Å². The van der Waals surface area contributed by atoms with Gasteiger partial charge in [0.2, 0.25) is 5.91 Å². The maximum Gasteiger partial charge on any atom is 0.223 e. The number of carbonyl (C=O) groups excluding carboxylic acids is 1. The zero-order chi connectivity index (χ0) is 15.2. The summed E-state index contributed by atoms with van der Waals surface area (Å²) in [5.74, 6) is 0.123. The highest BCUT2D eigenvalue weighted by Gasteiger charge is 2.25. The summed E-state index contributed by atoms with van der Waals surface area (Å²) in [5.41, 5.74) is 6.94. The van der Waals surface area contributed by atoms with Crippen LogP contribution in [0.3, 0.4) is 0 Å². The molecule has 0 heterocycles. The predicted molar refractivity (Wildman–Crippen MR) is 84.1 cm³/mol. The van der Waals surface area contributed by atoms with Crippen LogP contribution in [-0.2, 0) is 9.53 Å². The molecule has 1 aliphatic carbocycles. The average Bonchev–Trinajstić information content (AvgIpc) is 2.49. The molecule has 3 unspecified atom stereocenters. The summed E-state index contributed by atoms with van der Waals surface area (Å²) in [4.78, 5) is 12.2. The first-order valence-electron chi connectivity index (χ1n) is 7.41. The number of amides is 1. The molecule has 5 heteroatoms. The lowest BCUT2D eigenvalue weighted by atomic mass is 9.85. The van der Waals surface area contributed by atoms with Crippen LogP contribution in [0.25, 0.3) is 0 Å². The normalized spacial score (nSPS) is 23.6. The summed E-state index contributed by atoms with van der Waals surface area (Å²) >= 11 is 5.88. The second kappa shape index (κ2) is 7.78. The molecule has 21 heavy (non-hydrogen) atoms. The first kappa shape index (κ1) is 16.3. The Balaban J connectivity index is 1.87. The third-order valence-corrected chi connectivity index (χ3v) is 4.33. The monoisotopic (exact) mass is 310 g/mol. The maximum atomic E-state index is 12.2. The lowest BCUT2D eigenvalue weighted by Gasteiger charge is -2.26. The van der Waals surface area contributed by atoms with Crippen LogP contribution < -0.4 is 11.1 Å². The quantitative estimate of drug-likeness (QED) is 0.879. The molecular formula is C16H23ClN2O2. The van der Waals surface area contributed by atoms with E-state index in [0.717, 1.165) is 31.2 Å². The van der Waals surface area contributed by atoms with Gasteiger partial charge in [-0.1, -0.05) is 30.2 Å². The summed E-state index contributed by atoms with van der Waals surface area (Å²) in [6.45, 7) is 0.461. The number of hydrogen-bond acceptors (Lipinski definition) is 3. The van der Waals surface area contributed by atoms with Crippen molar-refractivity contribution in [3.8, 4) is 0 Å². The Morgan fingerprint density at radius 3 is 2.76 bits per heavy atom. The molecular weight excluding hydrogens is 288 g/mol. The SMILES string of the molecule is COC(CNC(=O)C1CCCC(N)C1)c1ccc(Cl)cc1. The molecule has 0 spiro atoms. The minimum Gasteiger partial charge on any atom is -0.375 e. The highest BCUT2D eigenvalue weighted by atomic mass is 35.5. The smallest absolute Gasteiger partial charge is 0.223 e. The van der Waals surface area contributed by atoms with E-state index in [4.69, 9.17) is 22.1 Å². The summed E-state index contributed by atoms with van der Waals surface area (Å²) in [6.07, 6.45) is 3.60. The highest BCUT2D eigenvalue weighted by molar-refractivity contribution is 6.30. The van der Waals surface area contributed by atoms with Gasteiger partial charge in [0, 0.05) is 30.6 Å². The molecule has 0 aliphatic heterocycles. The van der Waals surface area contributed by atoms with Crippen molar-refractivity contribution in [2.75, 3.05) is 13.7 Å². The zero-order valence-corrected chi connectivity index (χ0v) is 13.1. The number of rotatable bonds is 5. The van der Waals surface area contributed by atoms with E-state index >= 15 is 0 Å². The van der Waals surface area contributed by atoms with Gasteiger partial charge in [0.15, 0.2) is 0 Å². The van der Waals surface area contributed by atoms with E-state index < -0.39 is 0 Å². The topological polar surface area (TPSA) is 64.3 Å². The van der Waals surface area contributed by atoms with E-state index in [1.165, 1.54) is 0 Å². The molecule has 1 saturated carbocycles. The lowest BCUT2D eigenvalue weighted by Crippen LogP contribution is -2.39. The molecule has 1 aliphatic rings. The minimum atomic E-state index is -0.163. The van der Waals surface area contributed by atoms with Crippen LogP contribution in [0, 0.1) is 5.92 Å². The fourth-order valence-corrected chi connectivity index (χ4v) is 2.94. The lowest BCUT2D eigenvalue weighted by molar-refractivity contribution is -0.126. The fourth-order valence-electron chi connectivity index (χ4n) is 2.82. The number of hydrogen-bond donors (Lipinski definition) is 2. The summed E-state index contributed by atoms with van der Waals surface area (Å²) < 4.78 is 5.45. The van der Waals surface area contributed by atoms with Crippen molar-refractivity contribution < 1.29 is 9.53 Å². The average molecular weight is 311 g/mol. The summed E-state index contributed by atoms with van der Waals surface area (Å²) in [6, 6.07) is 7.64. The number of methoxy groups -OCH3 is 1. The van der Waals surface area contributed by atoms with Crippen LogP contribution in [0.5, 0.6) is 0 Å². The Hall–Kier alpha value is -1.10. The van der Waals surface area contributed by atoms with E-state index in [2.05, 4.69) is 5.32 Å². The van der Waals surface area contributed by atoms with E-state index in [9.17, 15) is 4.79 Å². The Morgan fingerprint density at radius 1 is 1.43 bits per heavy atom. The molecule has 4 nitrogen and oxygen atoms in total. The third-order valence-electron chi connectivity index (χ3n) is 4.07. The van der Waals surface area contributed by atoms with Gasteiger partial charge >= 0.3 is 0 Å². The van der Waals surface area contributed by atoms with Crippen molar-refractivity contribution in [2.45, 2.75) is 37.8 Å². The first-order chi connectivity index (χ1) is 10.1. The predicted octanol–water partition coefficient (Wildman–Crippen LogP) is 2.66. The van der Waals surface area contributed by atoms with Gasteiger partial charge in [-0.05, 0) is 37.0 Å². The van der Waals surface area contributed by atoms with Gasteiger partial charge in [0.25, 0.3) is 0 Å². The van der Waals surface area contributed by atoms with Crippen molar-refractivity contribution in [1.82, 2.24) is 5.32 Å². The fraction of sp³-hybridized carbons (Fsp3) is 0.562. The molecule has 3 N–H and O–H groups in total. The molecule has 0 saturated heterocycles. The van der Waals surface area contributed by atoms with Crippen molar-refractivity contribution in [1.29, 1.82) is 0 Å². The first-order valence-corrected chi connectivity index (χ1v) is 7.79. The molecule has 1 fully saturated rings. The second-order valence-corrected chi connectivity index (χ2v) is 6.08. The molecule has 0 bridgehead atoms. The number of halogens is 1. The second-order valence-electron chi connectivity index (χ2n) is 5.64. The van der Waals surface area contributed by atoms with Gasteiger partial charge in [-0.3, -0.25) is 4.79 Å². The molecule has 1 amide bonds. The molecule has 0 aromatic heterocycles. The van der Waals surface area contributed by atoms with E-state index in [-0.39, 0.29) is 24.0 Å². The Morgan fingerprint density at radius 2 is 2.14 bits per heavy atom. The van der Waals surface area contributed by atoms with E-state index in [0.29, 0.717) is 11.6 Å². The number of ether oxygens (including phenoxy) is 1. The van der Waals surface area contributed by atoms with Crippen LogP contribution in [0.2, 0.25) is 5.02 Å². The van der Waals surface area contributed by atoms with Gasteiger partial charge in [-0.2, -0.15) is 0 Å². The van der Waals surface area contributed by atoms with Gasteiger partial charge < -0.3 is 15.8 Å². The number of benzene rings is 1. The van der Waals surface area contributed by atoms with Crippen LogP contribution >= 0.6 is 11.6 Å². The van der Waals surface area contributed by atoms with Crippen LogP contribution in [0.1, 0.15) is 37.4 Å². The van der Waals surface area contributed by atoms with Crippen LogP contribution in [-0.4, -0.2) is 25.6 Å².